The number of ketones is 1. The maximum atomic E-state index is 12.5. The average molecular weight is 433 g/mol. The second kappa shape index (κ2) is 11.3. The van der Waals surface area contributed by atoms with Gasteiger partial charge >= 0.3 is 0 Å². The molecule has 0 amide bonds. The highest BCUT2D eigenvalue weighted by Crippen LogP contribution is 2.23. The Morgan fingerprint density at radius 2 is 1.56 bits per heavy atom. The summed E-state index contributed by atoms with van der Waals surface area (Å²) in [5.41, 5.74) is 2.73. The number of carbonyl (C=O) groups is 1. The molecule has 0 saturated heterocycles. The van der Waals surface area contributed by atoms with Crippen molar-refractivity contribution >= 4 is 22.8 Å². The van der Waals surface area contributed by atoms with Gasteiger partial charge < -0.3 is 14.6 Å². The van der Waals surface area contributed by atoms with E-state index >= 15 is 0 Å². The molecule has 0 aliphatic heterocycles. The Hall–Kier alpha value is -2.69. The van der Waals surface area contributed by atoms with Crippen LogP contribution in [0, 0.1) is 11.8 Å². The number of carbonyl (C=O) groups excluding carboxylic acids is 1. The van der Waals surface area contributed by atoms with Crippen LogP contribution in [0.2, 0.25) is 0 Å². The summed E-state index contributed by atoms with van der Waals surface area (Å²) in [6.45, 7) is 12.0. The normalized spacial score (nSPS) is 13.1. The van der Waals surface area contributed by atoms with E-state index < -0.39 is 6.10 Å². The van der Waals surface area contributed by atoms with Gasteiger partial charge in [0.15, 0.2) is 5.78 Å². The Bertz CT molecular complexity index is 1020. The second-order valence-corrected chi connectivity index (χ2v) is 9.48. The number of hydrogen-bond donors (Lipinski definition) is 1. The summed E-state index contributed by atoms with van der Waals surface area (Å²) in [6.07, 6.45) is 5.08. The minimum absolute atomic E-state index is 0.0134. The monoisotopic (exact) mass is 432 g/mol. The van der Waals surface area contributed by atoms with E-state index in [1.807, 2.05) is 54.7 Å². The minimum Gasteiger partial charge on any atom is -0.390 e. The zero-order chi connectivity index (χ0) is 23.1. The van der Waals surface area contributed by atoms with E-state index in [1.54, 1.807) is 6.08 Å². The van der Waals surface area contributed by atoms with Crippen LogP contribution >= 0.6 is 0 Å². The van der Waals surface area contributed by atoms with Crippen molar-refractivity contribution in [1.29, 1.82) is 0 Å². The number of hydrogen-bond acceptors (Lipinski definition) is 3. The molecule has 170 valence electrons. The molecule has 0 fully saturated rings. The Morgan fingerprint density at radius 3 is 2.22 bits per heavy atom. The highest BCUT2D eigenvalue weighted by Gasteiger charge is 2.16. The lowest BCUT2D eigenvalue weighted by Crippen LogP contribution is -2.39. The van der Waals surface area contributed by atoms with Gasteiger partial charge in [0.2, 0.25) is 0 Å². The minimum atomic E-state index is -0.467. The van der Waals surface area contributed by atoms with Crippen molar-refractivity contribution in [3.05, 3.63) is 78.0 Å². The molecule has 3 rings (SSSR count). The van der Waals surface area contributed by atoms with Crippen LogP contribution in [0.3, 0.4) is 0 Å². The van der Waals surface area contributed by atoms with Gasteiger partial charge in [-0.1, -0.05) is 76.2 Å². The zero-order valence-electron chi connectivity index (χ0n) is 19.7. The van der Waals surface area contributed by atoms with Crippen LogP contribution in [0.5, 0.6) is 0 Å². The molecule has 0 bridgehead atoms. The Balaban J connectivity index is 1.77. The molecule has 1 aromatic heterocycles. The topological polar surface area (TPSA) is 45.5 Å². The number of aliphatic hydroxyl groups excluding tert-OH is 1. The van der Waals surface area contributed by atoms with Crippen LogP contribution in [-0.2, 0) is 6.54 Å². The molecule has 0 saturated carbocycles. The number of para-hydroxylation sites is 1. The van der Waals surface area contributed by atoms with Crippen molar-refractivity contribution in [1.82, 2.24) is 9.47 Å². The van der Waals surface area contributed by atoms with Crippen molar-refractivity contribution in [2.24, 2.45) is 11.8 Å². The van der Waals surface area contributed by atoms with Crippen LogP contribution in [0.25, 0.3) is 17.0 Å². The first-order valence-corrected chi connectivity index (χ1v) is 11.6. The molecule has 0 aliphatic rings. The van der Waals surface area contributed by atoms with Gasteiger partial charge in [-0.25, -0.2) is 0 Å². The molecule has 0 radical (unpaired) electrons. The van der Waals surface area contributed by atoms with E-state index in [0.29, 0.717) is 30.5 Å². The van der Waals surface area contributed by atoms with Gasteiger partial charge in [-0.2, -0.15) is 0 Å². The van der Waals surface area contributed by atoms with Crippen LogP contribution in [0.1, 0.15) is 43.6 Å². The van der Waals surface area contributed by atoms with Gasteiger partial charge in [0, 0.05) is 54.4 Å². The number of aromatic nitrogens is 1. The van der Waals surface area contributed by atoms with E-state index in [2.05, 4.69) is 49.3 Å². The number of allylic oxidation sites excluding steroid dienone is 1. The van der Waals surface area contributed by atoms with Crippen molar-refractivity contribution in [3.8, 4) is 0 Å². The highest BCUT2D eigenvalue weighted by atomic mass is 16.3. The van der Waals surface area contributed by atoms with Gasteiger partial charge in [0.1, 0.15) is 0 Å². The van der Waals surface area contributed by atoms with Crippen LogP contribution in [0.4, 0.5) is 0 Å². The van der Waals surface area contributed by atoms with E-state index in [0.717, 1.165) is 29.6 Å². The molecule has 3 aromatic rings. The molecule has 4 heteroatoms. The van der Waals surface area contributed by atoms with Gasteiger partial charge in [-0.05, 0) is 30.1 Å². The standard InChI is InChI=1S/C28H36N2O2/c1-21(2)16-29(17-22(3)4)19-25(31)20-30-18-24(26-12-8-9-13-27(26)30)14-15-28(32)23-10-6-5-7-11-23/h5-15,18,21-22,25,31H,16-17,19-20H2,1-4H3/b15-14-/t25-/m0/s1. The van der Waals surface area contributed by atoms with Crippen molar-refractivity contribution < 1.29 is 9.90 Å². The van der Waals surface area contributed by atoms with Crippen LogP contribution in [0.15, 0.2) is 66.9 Å². The van der Waals surface area contributed by atoms with E-state index in [9.17, 15) is 9.90 Å². The fourth-order valence-electron chi connectivity index (χ4n) is 4.26. The summed E-state index contributed by atoms with van der Waals surface area (Å²) in [4.78, 5) is 14.9. The number of benzene rings is 2. The zero-order valence-corrected chi connectivity index (χ0v) is 19.7. The number of fused-ring (bicyclic) bond motifs is 1. The highest BCUT2D eigenvalue weighted by molar-refractivity contribution is 6.07. The maximum absolute atomic E-state index is 12.5. The van der Waals surface area contributed by atoms with E-state index in [-0.39, 0.29) is 5.78 Å². The maximum Gasteiger partial charge on any atom is 0.185 e. The fourth-order valence-corrected chi connectivity index (χ4v) is 4.26. The van der Waals surface area contributed by atoms with Crippen LogP contribution in [-0.4, -0.2) is 46.1 Å². The molecular weight excluding hydrogens is 396 g/mol. The van der Waals surface area contributed by atoms with E-state index in [4.69, 9.17) is 0 Å². The van der Waals surface area contributed by atoms with Gasteiger partial charge in [-0.15, -0.1) is 0 Å². The SMILES string of the molecule is CC(C)CN(CC(C)C)C[C@H](O)Cn1cc(/C=C\C(=O)c2ccccc2)c2ccccc21. The first-order valence-electron chi connectivity index (χ1n) is 11.6. The van der Waals surface area contributed by atoms with Gasteiger partial charge in [0.25, 0.3) is 0 Å². The number of rotatable bonds is 11. The van der Waals surface area contributed by atoms with Crippen molar-refractivity contribution in [3.63, 3.8) is 0 Å². The van der Waals surface area contributed by atoms with Crippen molar-refractivity contribution in [2.45, 2.75) is 40.3 Å². The first kappa shape index (κ1) is 24.0. The third-order valence-electron chi connectivity index (χ3n) is 5.42. The van der Waals surface area contributed by atoms with Crippen molar-refractivity contribution in [2.75, 3.05) is 19.6 Å². The molecular formula is C28H36N2O2. The molecule has 0 unspecified atom stereocenters. The third kappa shape index (κ3) is 6.65. The predicted molar refractivity (Wildman–Crippen MR) is 134 cm³/mol. The Labute approximate surface area is 192 Å². The molecule has 0 aliphatic carbocycles. The molecule has 2 aromatic carbocycles. The van der Waals surface area contributed by atoms with E-state index in [1.165, 1.54) is 0 Å². The molecule has 0 spiro atoms. The second-order valence-electron chi connectivity index (χ2n) is 9.48. The Morgan fingerprint density at radius 1 is 0.938 bits per heavy atom. The van der Waals surface area contributed by atoms with Gasteiger partial charge in [-0.3, -0.25) is 4.79 Å². The summed E-state index contributed by atoms with van der Waals surface area (Å²) in [6, 6.07) is 17.4. The first-order chi connectivity index (χ1) is 15.3. The van der Waals surface area contributed by atoms with Gasteiger partial charge in [0.05, 0.1) is 6.10 Å². The molecule has 1 heterocycles. The molecule has 1 N–H and O–H groups in total. The number of aliphatic hydroxyl groups is 1. The molecule has 1 atom stereocenters. The quantitative estimate of drug-likeness (QED) is 0.321. The molecule has 4 nitrogen and oxygen atoms in total. The molecule has 32 heavy (non-hydrogen) atoms. The summed E-state index contributed by atoms with van der Waals surface area (Å²) in [7, 11) is 0. The summed E-state index contributed by atoms with van der Waals surface area (Å²) < 4.78 is 2.11. The lowest BCUT2D eigenvalue weighted by molar-refractivity contribution is 0.0869. The largest absolute Gasteiger partial charge is 0.390 e. The smallest absolute Gasteiger partial charge is 0.185 e. The fraction of sp³-hybridized carbons (Fsp3) is 0.393. The lowest BCUT2D eigenvalue weighted by atomic mass is 10.1. The summed E-state index contributed by atoms with van der Waals surface area (Å²) in [5.74, 6) is 1.11. The third-order valence-corrected chi connectivity index (χ3v) is 5.42. The summed E-state index contributed by atoms with van der Waals surface area (Å²) in [5, 5.41) is 12.0. The average Bonchev–Trinajstić information content (AvgIpc) is 3.09. The summed E-state index contributed by atoms with van der Waals surface area (Å²) >= 11 is 0. The number of nitrogens with zero attached hydrogens (tertiary/aromatic N) is 2. The predicted octanol–water partition coefficient (Wildman–Crippen LogP) is 5.51. The Kier molecular flexibility index (Phi) is 8.43. The van der Waals surface area contributed by atoms with Crippen LogP contribution < -0.4 is 0 Å². The lowest BCUT2D eigenvalue weighted by Gasteiger charge is -2.28.